The largest absolute Gasteiger partial charge is 0.624 e. The van der Waals surface area contributed by atoms with Gasteiger partial charge in [-0.25, -0.2) is 4.74 Å². The minimum absolute atomic E-state index is 0.232. The first-order valence-corrected chi connectivity index (χ1v) is 8.55. The van der Waals surface area contributed by atoms with Crippen LogP contribution in [0.25, 0.3) is 0 Å². The fourth-order valence-corrected chi connectivity index (χ4v) is 2.92. The molecule has 1 saturated carbocycles. The Bertz CT molecular complexity index is 347. The zero-order chi connectivity index (χ0) is 15.7. The molecule has 0 bridgehead atoms. The van der Waals surface area contributed by atoms with E-state index in [0.717, 1.165) is 44.9 Å². The second-order valence-electron chi connectivity index (χ2n) is 7.13. The van der Waals surface area contributed by atoms with Gasteiger partial charge in [-0.1, -0.05) is 18.1 Å². The summed E-state index contributed by atoms with van der Waals surface area (Å²) < 4.78 is 1.20. The number of hydrogen-bond acceptors (Lipinski definition) is 2. The molecule has 0 aromatic heterocycles. The maximum Gasteiger partial charge on any atom is 0.162 e. The number of hydroxylamine groups is 1. The van der Waals surface area contributed by atoms with Gasteiger partial charge in [0.25, 0.3) is 0 Å². The predicted molar refractivity (Wildman–Crippen MR) is 89.7 cm³/mol. The molecule has 0 aromatic carbocycles. The molecule has 1 fully saturated rings. The molecule has 0 amide bonds. The molecule has 1 N–H and O–H groups in total. The van der Waals surface area contributed by atoms with Crippen molar-refractivity contribution in [1.82, 2.24) is 0 Å². The van der Waals surface area contributed by atoms with E-state index in [1.807, 2.05) is 20.1 Å². The Labute approximate surface area is 130 Å². The van der Waals surface area contributed by atoms with Crippen LogP contribution in [0.5, 0.6) is 0 Å². The Kier molecular flexibility index (Phi) is 8.02. The Hall–Kier alpha value is -0.830. The summed E-state index contributed by atoms with van der Waals surface area (Å²) in [5.41, 5.74) is 0.805. The first-order valence-electron chi connectivity index (χ1n) is 8.55. The van der Waals surface area contributed by atoms with E-state index in [4.69, 9.17) is 0 Å². The van der Waals surface area contributed by atoms with E-state index in [0.29, 0.717) is 0 Å². The standard InChI is InChI=1S/C18H33NO2/c1-16(11-9-14-18(2,3)20)10-7-8-15-19(21)17-12-5-4-6-13-17/h10,15,17,20H,4-9,11-14H2,1-3H3/b16-10?,19-15+. The average molecular weight is 295 g/mol. The van der Waals surface area contributed by atoms with Crippen molar-refractivity contribution in [2.24, 2.45) is 0 Å². The van der Waals surface area contributed by atoms with Crippen LogP contribution in [-0.4, -0.2) is 27.7 Å². The third kappa shape index (κ3) is 8.92. The molecule has 0 unspecified atom stereocenters. The van der Waals surface area contributed by atoms with Gasteiger partial charge < -0.3 is 10.3 Å². The molecule has 0 atom stereocenters. The fraction of sp³-hybridized carbons (Fsp3) is 0.833. The van der Waals surface area contributed by atoms with E-state index in [1.54, 1.807) is 0 Å². The van der Waals surface area contributed by atoms with E-state index in [1.165, 1.54) is 29.6 Å². The van der Waals surface area contributed by atoms with Gasteiger partial charge >= 0.3 is 0 Å². The molecule has 0 aliphatic heterocycles. The summed E-state index contributed by atoms with van der Waals surface area (Å²) in [6, 6.07) is 0.232. The van der Waals surface area contributed by atoms with Gasteiger partial charge in [0.2, 0.25) is 0 Å². The molecule has 0 heterocycles. The van der Waals surface area contributed by atoms with Crippen molar-refractivity contribution in [2.75, 3.05) is 0 Å². The van der Waals surface area contributed by atoms with E-state index in [2.05, 4.69) is 13.0 Å². The lowest BCUT2D eigenvalue weighted by Gasteiger charge is -2.20. The highest BCUT2D eigenvalue weighted by Crippen LogP contribution is 2.19. The highest BCUT2D eigenvalue weighted by atomic mass is 16.5. The van der Waals surface area contributed by atoms with Gasteiger partial charge in [-0.3, -0.25) is 0 Å². The van der Waals surface area contributed by atoms with Gasteiger partial charge in [0.1, 0.15) is 0 Å². The maximum absolute atomic E-state index is 11.9. The molecule has 122 valence electrons. The van der Waals surface area contributed by atoms with Crippen molar-refractivity contribution >= 4 is 6.21 Å². The van der Waals surface area contributed by atoms with Crippen LogP contribution in [0.15, 0.2) is 11.6 Å². The number of nitrogens with zero attached hydrogens (tertiary/aromatic N) is 1. The molecule has 0 spiro atoms. The number of aliphatic hydroxyl groups is 1. The molecule has 1 aliphatic rings. The molecule has 21 heavy (non-hydrogen) atoms. The van der Waals surface area contributed by atoms with Crippen LogP contribution < -0.4 is 0 Å². The quantitative estimate of drug-likeness (QED) is 0.178. The molecule has 1 aliphatic carbocycles. The fourth-order valence-electron chi connectivity index (χ4n) is 2.92. The van der Waals surface area contributed by atoms with E-state index in [9.17, 15) is 10.3 Å². The second kappa shape index (κ2) is 9.24. The summed E-state index contributed by atoms with van der Waals surface area (Å²) in [5.74, 6) is 0. The number of rotatable bonds is 8. The van der Waals surface area contributed by atoms with Gasteiger partial charge in [-0.15, -0.1) is 0 Å². The molecular weight excluding hydrogens is 262 g/mol. The lowest BCUT2D eigenvalue weighted by Crippen LogP contribution is -2.24. The average Bonchev–Trinajstić information content (AvgIpc) is 2.43. The van der Waals surface area contributed by atoms with Gasteiger partial charge in [-0.2, -0.15) is 0 Å². The lowest BCUT2D eigenvalue weighted by molar-refractivity contribution is -0.502. The molecular formula is C18H33NO2. The van der Waals surface area contributed by atoms with Gasteiger partial charge in [-0.05, 0) is 59.3 Å². The van der Waals surface area contributed by atoms with E-state index >= 15 is 0 Å². The van der Waals surface area contributed by atoms with Crippen LogP contribution in [0.1, 0.15) is 85.0 Å². The van der Waals surface area contributed by atoms with Crippen LogP contribution >= 0.6 is 0 Å². The highest BCUT2D eigenvalue weighted by Gasteiger charge is 2.18. The monoisotopic (exact) mass is 295 g/mol. The van der Waals surface area contributed by atoms with E-state index < -0.39 is 5.60 Å². The predicted octanol–water partition coefficient (Wildman–Crippen LogP) is 4.57. The summed E-state index contributed by atoms with van der Waals surface area (Å²) >= 11 is 0. The van der Waals surface area contributed by atoms with Crippen LogP contribution in [0.3, 0.4) is 0 Å². The second-order valence-corrected chi connectivity index (χ2v) is 7.13. The molecule has 3 nitrogen and oxygen atoms in total. The number of hydrogen-bond donors (Lipinski definition) is 1. The first-order chi connectivity index (χ1) is 9.88. The lowest BCUT2D eigenvalue weighted by atomic mass is 9.96. The van der Waals surface area contributed by atoms with Crippen molar-refractivity contribution in [3.8, 4) is 0 Å². The van der Waals surface area contributed by atoms with Crippen molar-refractivity contribution in [2.45, 2.75) is 96.6 Å². The molecule has 0 aromatic rings. The molecule has 3 heteroatoms. The minimum atomic E-state index is -0.558. The summed E-state index contributed by atoms with van der Waals surface area (Å²) in [7, 11) is 0. The van der Waals surface area contributed by atoms with Gasteiger partial charge in [0.15, 0.2) is 12.3 Å². The Balaban J connectivity index is 2.20. The van der Waals surface area contributed by atoms with E-state index in [-0.39, 0.29) is 6.04 Å². The summed E-state index contributed by atoms with van der Waals surface area (Å²) in [5, 5.41) is 21.6. The molecule has 1 rings (SSSR count). The Morgan fingerprint density at radius 2 is 1.90 bits per heavy atom. The van der Waals surface area contributed by atoms with Crippen LogP contribution in [0.4, 0.5) is 0 Å². The van der Waals surface area contributed by atoms with Crippen molar-refractivity contribution in [3.63, 3.8) is 0 Å². The zero-order valence-corrected chi connectivity index (χ0v) is 14.1. The first kappa shape index (κ1) is 18.2. The topological polar surface area (TPSA) is 46.3 Å². The third-order valence-corrected chi connectivity index (χ3v) is 4.26. The highest BCUT2D eigenvalue weighted by molar-refractivity contribution is 5.51. The maximum atomic E-state index is 11.9. The van der Waals surface area contributed by atoms with Gasteiger partial charge in [0, 0.05) is 19.3 Å². The summed E-state index contributed by atoms with van der Waals surface area (Å²) in [6.07, 6.45) is 14.6. The zero-order valence-electron chi connectivity index (χ0n) is 14.1. The third-order valence-electron chi connectivity index (χ3n) is 4.26. The SMILES string of the molecule is CC(=CCC/C=[N+](/[O-])C1CCCCC1)CCCC(C)(C)O. The van der Waals surface area contributed by atoms with Gasteiger partial charge in [0.05, 0.1) is 5.60 Å². The Morgan fingerprint density at radius 3 is 2.52 bits per heavy atom. The smallest absolute Gasteiger partial charge is 0.162 e. The number of allylic oxidation sites excluding steroid dienone is 2. The van der Waals surface area contributed by atoms with Crippen molar-refractivity contribution in [1.29, 1.82) is 0 Å². The van der Waals surface area contributed by atoms with Crippen molar-refractivity contribution < 1.29 is 9.85 Å². The van der Waals surface area contributed by atoms with Crippen molar-refractivity contribution in [3.05, 3.63) is 16.9 Å². The minimum Gasteiger partial charge on any atom is -0.624 e. The summed E-state index contributed by atoms with van der Waals surface area (Å²) in [4.78, 5) is 0. The van der Waals surface area contributed by atoms with Crippen LogP contribution in [0.2, 0.25) is 0 Å². The number of unbranched alkanes of at least 4 members (excludes halogenated alkanes) is 1. The summed E-state index contributed by atoms with van der Waals surface area (Å²) in [6.45, 7) is 5.85. The van der Waals surface area contributed by atoms with Crippen LogP contribution in [0, 0.1) is 5.21 Å². The normalized spacial score (nSPS) is 19.0. The molecule has 0 saturated heterocycles. The van der Waals surface area contributed by atoms with Crippen LogP contribution in [-0.2, 0) is 0 Å². The molecule has 0 radical (unpaired) electrons. The Morgan fingerprint density at radius 1 is 1.24 bits per heavy atom.